The molecule has 7 rings (SSSR count). The van der Waals surface area contributed by atoms with Gasteiger partial charge in [0.2, 0.25) is 40.7 Å². The minimum absolute atomic E-state index is 0.0427. The number of aryl methyl sites for hydroxylation is 7. The van der Waals surface area contributed by atoms with Gasteiger partial charge in [-0.25, -0.2) is 30.7 Å². The van der Waals surface area contributed by atoms with Crippen LogP contribution in [0.15, 0.2) is 170 Å². The molecule has 0 aliphatic heterocycles. The van der Waals surface area contributed by atoms with Crippen molar-refractivity contribution < 1.29 is 94.6 Å². The number of ether oxygens (including phenoxy) is 7. The van der Waals surface area contributed by atoms with Crippen molar-refractivity contribution in [1.29, 1.82) is 0 Å². The average Bonchev–Trinajstić information content (AvgIpc) is 0.960. The van der Waals surface area contributed by atoms with Crippen molar-refractivity contribution in [1.82, 2.24) is 0 Å². The Morgan fingerprint density at radius 2 is 0.380 bits per heavy atom. The molecule has 0 unspecified atom stereocenters. The fourth-order valence-corrected chi connectivity index (χ4v) is 7.15. The standard InChI is InChI=1S/3C12H14F2O.3C11H12F2O.C10H10F2O/c3*1-3-4-5-8-15-10-7-6-9(2)11(13)12(10)14;3*1-3-4-7-14-9-6-5-8(2)10(12)11(9)13;1-3-6-13-8-5-4-7(2)9(11)10(8)12/h3*4-7H,3,8H2,1-2H3;3*3-6H,7H2,1-2H3;3-5H,1,6H2,2H3/b3*5-4-;3*4-3-;. The van der Waals surface area contributed by atoms with Crippen LogP contribution in [-0.2, 0) is 0 Å². The minimum atomic E-state index is -0.943. The van der Waals surface area contributed by atoms with Gasteiger partial charge in [-0.15, -0.1) is 0 Å². The fraction of sp³-hybridized carbons (Fsp3) is 0.291. The van der Waals surface area contributed by atoms with Crippen LogP contribution in [0.1, 0.15) is 99.7 Å². The molecule has 544 valence electrons. The van der Waals surface area contributed by atoms with Crippen molar-refractivity contribution in [3.8, 4) is 40.2 Å². The molecule has 0 aromatic heterocycles. The van der Waals surface area contributed by atoms with E-state index >= 15 is 0 Å². The highest BCUT2D eigenvalue weighted by atomic mass is 19.2. The Labute approximate surface area is 579 Å². The first-order chi connectivity index (χ1) is 47.6. The predicted octanol–water partition coefficient (Wildman–Crippen LogP) is 23.4. The van der Waals surface area contributed by atoms with E-state index < -0.39 is 81.4 Å². The van der Waals surface area contributed by atoms with Gasteiger partial charge in [0.25, 0.3) is 0 Å². The summed E-state index contributed by atoms with van der Waals surface area (Å²) < 4.78 is 219. The maximum absolute atomic E-state index is 13.2. The van der Waals surface area contributed by atoms with Crippen LogP contribution in [0.25, 0.3) is 0 Å². The number of hydrogen-bond donors (Lipinski definition) is 0. The number of rotatable bonds is 24. The third-order valence-electron chi connectivity index (χ3n) is 13.0. The summed E-state index contributed by atoms with van der Waals surface area (Å²) in [4.78, 5) is 0. The van der Waals surface area contributed by atoms with Crippen LogP contribution >= 0.6 is 0 Å². The van der Waals surface area contributed by atoms with Crippen LogP contribution < -0.4 is 33.2 Å². The first-order valence-corrected chi connectivity index (χ1v) is 31.6. The van der Waals surface area contributed by atoms with Gasteiger partial charge in [0.05, 0.1) is 0 Å². The first kappa shape index (κ1) is 88.4. The van der Waals surface area contributed by atoms with Gasteiger partial charge in [-0.05, 0) is 170 Å². The second kappa shape index (κ2) is 49.8. The van der Waals surface area contributed by atoms with Crippen LogP contribution in [0.2, 0.25) is 0 Å². The van der Waals surface area contributed by atoms with Crippen molar-refractivity contribution >= 4 is 0 Å². The lowest BCUT2D eigenvalue weighted by atomic mass is 10.2. The van der Waals surface area contributed by atoms with Crippen LogP contribution in [-0.4, -0.2) is 46.2 Å². The zero-order valence-electron chi connectivity index (χ0n) is 58.5. The highest BCUT2D eigenvalue weighted by Crippen LogP contribution is 2.28. The highest BCUT2D eigenvalue weighted by molar-refractivity contribution is 5.35. The molecule has 100 heavy (non-hydrogen) atoms. The molecule has 7 aromatic rings. The van der Waals surface area contributed by atoms with Gasteiger partial charge < -0.3 is 33.2 Å². The second-order valence-corrected chi connectivity index (χ2v) is 20.9. The Morgan fingerprint density at radius 3 is 0.520 bits per heavy atom. The van der Waals surface area contributed by atoms with E-state index in [0.29, 0.717) is 0 Å². The predicted molar refractivity (Wildman–Crippen MR) is 369 cm³/mol. The molecule has 0 radical (unpaired) electrons. The number of allylic oxidation sites excluding steroid dienone is 6. The summed E-state index contributed by atoms with van der Waals surface area (Å²) in [6.07, 6.45) is 25.7. The van der Waals surface area contributed by atoms with Gasteiger partial charge in [0, 0.05) is 0 Å². The Hall–Kier alpha value is -9.66. The zero-order valence-corrected chi connectivity index (χ0v) is 58.5. The molecule has 0 heterocycles. The monoisotopic (exact) mass is 1410 g/mol. The minimum Gasteiger partial charge on any atom is -0.486 e. The molecule has 7 aromatic carbocycles. The molecule has 0 aliphatic rings. The molecular formula is C79H88F14O7. The number of benzene rings is 7. The summed E-state index contributed by atoms with van der Waals surface area (Å²) in [7, 11) is 0. The Morgan fingerprint density at radius 1 is 0.230 bits per heavy atom. The lowest BCUT2D eigenvalue weighted by Gasteiger charge is -2.06. The van der Waals surface area contributed by atoms with Gasteiger partial charge >= 0.3 is 0 Å². The normalized spacial score (nSPS) is 10.8. The second-order valence-electron chi connectivity index (χ2n) is 20.9. The van der Waals surface area contributed by atoms with E-state index in [-0.39, 0.29) is 125 Å². The summed E-state index contributed by atoms with van der Waals surface area (Å²) in [6.45, 7) is 27.1. The molecule has 0 bridgehead atoms. The van der Waals surface area contributed by atoms with E-state index in [1.807, 2.05) is 59.8 Å². The smallest absolute Gasteiger partial charge is 0.200 e. The molecule has 0 N–H and O–H groups in total. The first-order valence-electron chi connectivity index (χ1n) is 31.6. The summed E-state index contributed by atoms with van der Waals surface area (Å²) >= 11 is 0. The molecule has 0 spiro atoms. The lowest BCUT2D eigenvalue weighted by Crippen LogP contribution is -1.99. The van der Waals surface area contributed by atoms with E-state index in [4.69, 9.17) is 33.2 Å². The third kappa shape index (κ3) is 31.5. The van der Waals surface area contributed by atoms with Crippen LogP contribution in [0.4, 0.5) is 61.5 Å². The fourth-order valence-electron chi connectivity index (χ4n) is 7.15. The lowest BCUT2D eigenvalue weighted by molar-refractivity contribution is 0.331. The molecule has 0 aliphatic carbocycles. The summed E-state index contributed by atoms with van der Waals surface area (Å²) in [5.41, 5.74) is 1.95. The summed E-state index contributed by atoms with van der Waals surface area (Å²) in [5, 5.41) is 0. The van der Waals surface area contributed by atoms with E-state index in [2.05, 4.69) is 6.58 Å². The molecule has 21 heteroatoms. The number of halogens is 14. The molecule has 7 nitrogen and oxygen atoms in total. The molecule has 0 atom stereocenters. The largest absolute Gasteiger partial charge is 0.486 e. The van der Waals surface area contributed by atoms with Crippen LogP contribution in [0, 0.1) is 130 Å². The quantitative estimate of drug-likeness (QED) is 0.0441. The zero-order chi connectivity index (χ0) is 75.3. The van der Waals surface area contributed by atoms with Gasteiger partial charge in [-0.2, -0.15) is 30.7 Å². The molecular weight excluding hydrogens is 1330 g/mol. The van der Waals surface area contributed by atoms with Gasteiger partial charge in [-0.3, -0.25) is 0 Å². The summed E-state index contributed by atoms with van der Waals surface area (Å²) in [6, 6.07) is 20.4. The van der Waals surface area contributed by atoms with Gasteiger partial charge in [0.15, 0.2) is 81.0 Å². The topological polar surface area (TPSA) is 64.6 Å². The Bertz CT molecular complexity index is 3470. The Kier molecular flexibility index (Phi) is 44.0. The van der Waals surface area contributed by atoms with Gasteiger partial charge in [0.1, 0.15) is 46.2 Å². The van der Waals surface area contributed by atoms with Crippen molar-refractivity contribution in [3.05, 3.63) is 291 Å². The average molecular weight is 1420 g/mol. The van der Waals surface area contributed by atoms with E-state index in [1.165, 1.54) is 139 Å². The maximum Gasteiger partial charge on any atom is 0.200 e. The van der Waals surface area contributed by atoms with Crippen LogP contribution in [0.5, 0.6) is 40.2 Å². The third-order valence-corrected chi connectivity index (χ3v) is 13.0. The van der Waals surface area contributed by atoms with Crippen molar-refractivity contribution in [2.24, 2.45) is 0 Å². The van der Waals surface area contributed by atoms with Gasteiger partial charge in [-0.1, -0.05) is 149 Å². The van der Waals surface area contributed by atoms with Crippen molar-refractivity contribution in [3.63, 3.8) is 0 Å². The summed E-state index contributed by atoms with van der Waals surface area (Å²) in [5.74, 6) is -12.7. The SMILES string of the molecule is C/C=C\COc1ccc(C)c(F)c1F.C/C=C\COc1ccc(C)c(F)c1F.C/C=C\COc1ccc(C)c(F)c1F.C=CCOc1ccc(C)c(F)c1F.CC/C=C\COc1ccc(C)c(F)c1F.CC/C=C\COc1ccc(C)c(F)c1F.CC/C=C\COc1ccc(C)c(F)c1F. The molecule has 0 fully saturated rings. The van der Waals surface area contributed by atoms with Crippen molar-refractivity contribution in [2.75, 3.05) is 46.2 Å². The highest BCUT2D eigenvalue weighted by Gasteiger charge is 2.17. The molecule has 0 saturated heterocycles. The van der Waals surface area contributed by atoms with E-state index in [0.717, 1.165) is 19.3 Å². The maximum atomic E-state index is 13.2. The van der Waals surface area contributed by atoms with Crippen LogP contribution in [0.3, 0.4) is 0 Å². The Balaban J connectivity index is 0.000000584. The molecule has 0 amide bonds. The molecule has 0 saturated carbocycles. The number of hydrogen-bond acceptors (Lipinski definition) is 7. The van der Waals surface area contributed by atoms with Crippen molar-refractivity contribution in [2.45, 2.75) is 109 Å². The van der Waals surface area contributed by atoms with E-state index in [9.17, 15) is 61.5 Å². The van der Waals surface area contributed by atoms with E-state index in [1.54, 1.807) is 54.7 Å².